The summed E-state index contributed by atoms with van der Waals surface area (Å²) >= 11 is 1.03. The van der Waals surface area contributed by atoms with Gasteiger partial charge in [0.25, 0.3) is 5.91 Å². The van der Waals surface area contributed by atoms with Gasteiger partial charge in [-0.15, -0.1) is 11.3 Å². The molecule has 2 rings (SSSR count). The van der Waals surface area contributed by atoms with Gasteiger partial charge in [0.2, 0.25) is 0 Å². The van der Waals surface area contributed by atoms with Crippen molar-refractivity contribution in [2.24, 2.45) is 11.8 Å². The third-order valence-corrected chi connectivity index (χ3v) is 4.22. The Bertz CT molecular complexity index is 454. The highest BCUT2D eigenvalue weighted by atomic mass is 32.1. The van der Waals surface area contributed by atoms with Crippen molar-refractivity contribution in [1.29, 1.82) is 0 Å². The molecule has 1 saturated carbocycles. The van der Waals surface area contributed by atoms with Crippen LogP contribution in [0.25, 0.3) is 0 Å². The first-order valence-corrected chi connectivity index (χ1v) is 6.39. The van der Waals surface area contributed by atoms with Crippen molar-refractivity contribution < 1.29 is 14.7 Å². The molecule has 5 heteroatoms. The van der Waals surface area contributed by atoms with Gasteiger partial charge in [0.1, 0.15) is 4.88 Å². The van der Waals surface area contributed by atoms with Crippen LogP contribution in [0.15, 0.2) is 12.1 Å². The summed E-state index contributed by atoms with van der Waals surface area (Å²) in [4.78, 5) is 25.1. The summed E-state index contributed by atoms with van der Waals surface area (Å²) in [5.41, 5.74) is 0. The first-order chi connectivity index (χ1) is 7.99. The third kappa shape index (κ3) is 2.66. The van der Waals surface area contributed by atoms with Crippen molar-refractivity contribution in [1.82, 2.24) is 4.90 Å². The molecule has 0 spiro atoms. The Morgan fingerprint density at radius 3 is 2.53 bits per heavy atom. The van der Waals surface area contributed by atoms with E-state index in [0.717, 1.165) is 17.9 Å². The van der Waals surface area contributed by atoms with Crippen LogP contribution >= 0.6 is 11.3 Å². The lowest BCUT2D eigenvalue weighted by Gasteiger charge is -2.15. The molecule has 2 atom stereocenters. The number of amides is 1. The molecular weight excluding hydrogens is 238 g/mol. The van der Waals surface area contributed by atoms with Gasteiger partial charge in [0.15, 0.2) is 0 Å². The van der Waals surface area contributed by atoms with E-state index in [1.54, 1.807) is 18.0 Å². The minimum atomic E-state index is -0.979. The first-order valence-electron chi connectivity index (χ1n) is 5.57. The summed E-state index contributed by atoms with van der Waals surface area (Å²) in [5, 5.41) is 8.79. The molecule has 2 unspecified atom stereocenters. The van der Waals surface area contributed by atoms with Crippen molar-refractivity contribution >= 4 is 23.2 Å². The van der Waals surface area contributed by atoms with E-state index in [4.69, 9.17) is 5.11 Å². The molecule has 1 fully saturated rings. The summed E-state index contributed by atoms with van der Waals surface area (Å²) in [6, 6.07) is 3.07. The molecule has 0 saturated heterocycles. The molecule has 1 aromatic rings. The van der Waals surface area contributed by atoms with E-state index in [1.807, 2.05) is 0 Å². The van der Waals surface area contributed by atoms with Gasteiger partial charge in [-0.05, 0) is 30.4 Å². The van der Waals surface area contributed by atoms with Crippen LogP contribution in [0.3, 0.4) is 0 Å². The average Bonchev–Trinajstić information content (AvgIpc) is 2.82. The zero-order valence-electron chi connectivity index (χ0n) is 9.84. The highest BCUT2D eigenvalue weighted by Gasteiger charge is 2.34. The topological polar surface area (TPSA) is 57.6 Å². The molecule has 92 valence electrons. The minimum Gasteiger partial charge on any atom is -0.477 e. The van der Waals surface area contributed by atoms with E-state index in [0.29, 0.717) is 16.7 Å². The SMILES string of the molecule is CC1CC1CN(C)C(=O)c1ccc(C(=O)O)s1. The van der Waals surface area contributed by atoms with Gasteiger partial charge in [-0.2, -0.15) is 0 Å². The molecular formula is C12H15NO3S. The summed E-state index contributed by atoms with van der Waals surface area (Å²) in [6.45, 7) is 2.94. The molecule has 1 amide bonds. The summed E-state index contributed by atoms with van der Waals surface area (Å²) in [6.07, 6.45) is 1.18. The molecule has 1 heterocycles. The number of carbonyl (C=O) groups is 2. The fourth-order valence-corrected chi connectivity index (χ4v) is 2.68. The van der Waals surface area contributed by atoms with E-state index >= 15 is 0 Å². The van der Waals surface area contributed by atoms with Crippen LogP contribution in [0.5, 0.6) is 0 Å². The van der Waals surface area contributed by atoms with E-state index in [2.05, 4.69) is 6.92 Å². The predicted molar refractivity (Wildman–Crippen MR) is 65.5 cm³/mol. The number of carbonyl (C=O) groups excluding carboxylic acids is 1. The van der Waals surface area contributed by atoms with Gasteiger partial charge in [-0.1, -0.05) is 6.92 Å². The van der Waals surface area contributed by atoms with Crippen LogP contribution in [-0.4, -0.2) is 35.5 Å². The van der Waals surface area contributed by atoms with E-state index in [1.165, 1.54) is 12.5 Å². The molecule has 0 aromatic carbocycles. The third-order valence-electron chi connectivity index (χ3n) is 3.16. The molecule has 1 aromatic heterocycles. The second-order valence-electron chi connectivity index (χ2n) is 4.63. The van der Waals surface area contributed by atoms with Crippen molar-refractivity contribution in [2.45, 2.75) is 13.3 Å². The van der Waals surface area contributed by atoms with E-state index in [9.17, 15) is 9.59 Å². The lowest BCUT2D eigenvalue weighted by molar-refractivity contribution is 0.0701. The molecule has 0 bridgehead atoms. The van der Waals surface area contributed by atoms with Gasteiger partial charge in [-0.3, -0.25) is 4.79 Å². The largest absolute Gasteiger partial charge is 0.477 e. The molecule has 0 aliphatic heterocycles. The van der Waals surface area contributed by atoms with Gasteiger partial charge >= 0.3 is 5.97 Å². The molecule has 1 aliphatic rings. The van der Waals surface area contributed by atoms with Crippen molar-refractivity contribution in [3.05, 3.63) is 21.9 Å². The van der Waals surface area contributed by atoms with Crippen LogP contribution in [-0.2, 0) is 0 Å². The maximum absolute atomic E-state index is 12.0. The van der Waals surface area contributed by atoms with Crippen LogP contribution in [0.4, 0.5) is 0 Å². The first kappa shape index (κ1) is 12.1. The Balaban J connectivity index is 2.00. The zero-order valence-corrected chi connectivity index (χ0v) is 10.7. The number of hydrogen-bond donors (Lipinski definition) is 1. The van der Waals surface area contributed by atoms with Crippen molar-refractivity contribution in [3.63, 3.8) is 0 Å². The molecule has 1 aliphatic carbocycles. The van der Waals surface area contributed by atoms with Crippen molar-refractivity contribution in [2.75, 3.05) is 13.6 Å². The summed E-state index contributed by atoms with van der Waals surface area (Å²) < 4.78 is 0. The molecule has 17 heavy (non-hydrogen) atoms. The van der Waals surface area contributed by atoms with Gasteiger partial charge in [0.05, 0.1) is 4.88 Å². The fraction of sp³-hybridized carbons (Fsp3) is 0.500. The monoisotopic (exact) mass is 253 g/mol. The Labute approximate surface area is 104 Å². The summed E-state index contributed by atoms with van der Waals surface area (Å²) in [5.74, 6) is 0.264. The Hall–Kier alpha value is -1.36. The normalized spacial score (nSPS) is 22.2. The molecule has 0 radical (unpaired) electrons. The van der Waals surface area contributed by atoms with Crippen LogP contribution in [0.1, 0.15) is 32.7 Å². The lowest BCUT2D eigenvalue weighted by Crippen LogP contribution is -2.28. The summed E-state index contributed by atoms with van der Waals surface area (Å²) in [7, 11) is 1.77. The van der Waals surface area contributed by atoms with Crippen LogP contribution in [0.2, 0.25) is 0 Å². The second kappa shape index (κ2) is 4.49. The Morgan fingerprint density at radius 1 is 1.47 bits per heavy atom. The van der Waals surface area contributed by atoms with Crippen LogP contribution < -0.4 is 0 Å². The molecule has 1 N–H and O–H groups in total. The van der Waals surface area contributed by atoms with Crippen LogP contribution in [0, 0.1) is 11.8 Å². The highest BCUT2D eigenvalue weighted by Crippen LogP contribution is 2.38. The number of rotatable bonds is 4. The Kier molecular flexibility index (Phi) is 3.19. The quantitative estimate of drug-likeness (QED) is 0.894. The van der Waals surface area contributed by atoms with Gasteiger partial charge < -0.3 is 10.0 Å². The zero-order chi connectivity index (χ0) is 12.6. The maximum Gasteiger partial charge on any atom is 0.345 e. The lowest BCUT2D eigenvalue weighted by atomic mass is 10.3. The van der Waals surface area contributed by atoms with Crippen molar-refractivity contribution in [3.8, 4) is 0 Å². The molecule has 4 nitrogen and oxygen atoms in total. The van der Waals surface area contributed by atoms with Gasteiger partial charge in [-0.25, -0.2) is 4.79 Å². The average molecular weight is 253 g/mol. The predicted octanol–water partition coefficient (Wildman–Crippen LogP) is 2.17. The number of hydrogen-bond acceptors (Lipinski definition) is 3. The smallest absolute Gasteiger partial charge is 0.345 e. The van der Waals surface area contributed by atoms with Gasteiger partial charge in [0, 0.05) is 13.6 Å². The standard InChI is InChI=1S/C12H15NO3S/c1-7-5-8(7)6-13(2)11(14)9-3-4-10(17-9)12(15)16/h3-4,7-8H,5-6H2,1-2H3,(H,15,16). The Morgan fingerprint density at radius 2 is 2.06 bits per heavy atom. The van der Waals surface area contributed by atoms with E-state index in [-0.39, 0.29) is 10.8 Å². The maximum atomic E-state index is 12.0. The minimum absolute atomic E-state index is 0.0819. The number of aromatic carboxylic acids is 1. The highest BCUT2D eigenvalue weighted by molar-refractivity contribution is 7.15. The number of thiophene rings is 1. The number of nitrogens with zero attached hydrogens (tertiary/aromatic N) is 1. The second-order valence-corrected chi connectivity index (χ2v) is 5.71. The number of carboxylic acids is 1. The number of carboxylic acid groups (broad SMARTS) is 1. The fourth-order valence-electron chi connectivity index (χ4n) is 1.84. The van der Waals surface area contributed by atoms with E-state index < -0.39 is 5.97 Å².